The van der Waals surface area contributed by atoms with Crippen LogP contribution in [0.5, 0.6) is 0 Å². The Morgan fingerprint density at radius 1 is 0.640 bits per heavy atom. The third kappa shape index (κ3) is 2.54. The molecule has 122 valence electrons. The lowest BCUT2D eigenvalue weighted by Gasteiger charge is -2.31. The highest BCUT2D eigenvalue weighted by molar-refractivity contribution is 6.19. The predicted octanol–water partition coefficient (Wildman–Crippen LogP) is 5.23. The van der Waals surface area contributed by atoms with Gasteiger partial charge in [0.05, 0.1) is 17.8 Å². The van der Waals surface area contributed by atoms with Crippen LogP contribution in [0, 0.1) is 6.92 Å². The monoisotopic (exact) mass is 327 g/mol. The average molecular weight is 327 g/mol. The molecule has 0 fully saturated rings. The molecule has 1 aliphatic rings. The van der Waals surface area contributed by atoms with Crippen molar-refractivity contribution in [3.05, 3.63) is 89.5 Å². The second-order valence-corrected chi connectivity index (χ2v) is 6.18. The lowest BCUT2D eigenvalue weighted by molar-refractivity contribution is 0.0894. The van der Waals surface area contributed by atoms with Gasteiger partial charge >= 0.3 is 0 Å². The molecule has 3 heteroatoms. The molecule has 0 aromatic heterocycles. The van der Waals surface area contributed by atoms with Gasteiger partial charge in [0.1, 0.15) is 0 Å². The first kappa shape index (κ1) is 15.3. The minimum Gasteiger partial charge on any atom is -0.309 e. The minimum atomic E-state index is -0.145. The van der Waals surface area contributed by atoms with Gasteiger partial charge in [-0.2, -0.15) is 0 Å². The van der Waals surface area contributed by atoms with Crippen LogP contribution >= 0.6 is 0 Å². The Morgan fingerprint density at radius 3 is 1.60 bits per heavy atom. The molecular weight excluding hydrogens is 310 g/mol. The molecule has 0 radical (unpaired) electrons. The molecule has 1 aliphatic heterocycles. The number of ketones is 2. The van der Waals surface area contributed by atoms with E-state index in [4.69, 9.17) is 0 Å². The molecule has 25 heavy (non-hydrogen) atoms. The summed E-state index contributed by atoms with van der Waals surface area (Å²) in [4.78, 5) is 27.4. The van der Waals surface area contributed by atoms with E-state index in [1.165, 1.54) is 0 Å². The molecule has 0 unspecified atom stereocenters. The maximum Gasteiger partial charge on any atom is 0.172 e. The van der Waals surface area contributed by atoms with E-state index in [1.807, 2.05) is 72.5 Å². The van der Waals surface area contributed by atoms with Crippen molar-refractivity contribution in [2.75, 3.05) is 4.90 Å². The first-order valence-corrected chi connectivity index (χ1v) is 8.27. The summed E-state index contributed by atoms with van der Waals surface area (Å²) in [6.07, 6.45) is -0.102. The molecule has 0 amide bonds. The summed E-state index contributed by atoms with van der Waals surface area (Å²) in [7, 11) is 0. The molecule has 3 aromatic rings. The molecular formula is C22H17NO2. The predicted molar refractivity (Wildman–Crippen MR) is 99.1 cm³/mol. The Bertz CT molecular complexity index is 933. The lowest BCUT2D eigenvalue weighted by Crippen LogP contribution is -2.22. The zero-order valence-corrected chi connectivity index (χ0v) is 13.9. The Balaban J connectivity index is 2.08. The third-order valence-electron chi connectivity index (χ3n) is 4.57. The van der Waals surface area contributed by atoms with Crippen molar-refractivity contribution in [2.24, 2.45) is 0 Å². The van der Waals surface area contributed by atoms with Gasteiger partial charge in [0.15, 0.2) is 11.6 Å². The molecule has 0 N–H and O–H groups in total. The smallest absolute Gasteiger partial charge is 0.172 e. The van der Waals surface area contributed by atoms with Crippen LogP contribution in [-0.4, -0.2) is 11.6 Å². The van der Waals surface area contributed by atoms with E-state index >= 15 is 0 Å². The van der Waals surface area contributed by atoms with Crippen LogP contribution in [0.15, 0.2) is 72.8 Å². The van der Waals surface area contributed by atoms with Crippen molar-refractivity contribution in [3.8, 4) is 0 Å². The molecule has 3 nitrogen and oxygen atoms in total. The topological polar surface area (TPSA) is 37.4 Å². The van der Waals surface area contributed by atoms with E-state index in [2.05, 4.69) is 0 Å². The second kappa shape index (κ2) is 6.02. The van der Waals surface area contributed by atoms with Crippen molar-refractivity contribution >= 4 is 28.6 Å². The van der Waals surface area contributed by atoms with Crippen LogP contribution in [0.1, 0.15) is 32.7 Å². The molecule has 4 rings (SSSR count). The summed E-state index contributed by atoms with van der Waals surface area (Å²) < 4.78 is 0. The number of benzene rings is 3. The van der Waals surface area contributed by atoms with Gasteiger partial charge < -0.3 is 4.90 Å². The van der Waals surface area contributed by atoms with Gasteiger partial charge in [0, 0.05) is 16.8 Å². The van der Waals surface area contributed by atoms with Crippen LogP contribution in [0.2, 0.25) is 0 Å². The van der Waals surface area contributed by atoms with E-state index in [0.717, 1.165) is 22.6 Å². The molecule has 1 heterocycles. The second-order valence-electron chi connectivity index (χ2n) is 6.18. The van der Waals surface area contributed by atoms with Crippen LogP contribution in [0.4, 0.5) is 17.1 Å². The summed E-state index contributed by atoms with van der Waals surface area (Å²) in [5.41, 5.74) is 4.81. The summed E-state index contributed by atoms with van der Waals surface area (Å²) in [5.74, 6) is -0.289. The van der Waals surface area contributed by atoms with Gasteiger partial charge in [-0.05, 0) is 42.8 Å². The van der Waals surface area contributed by atoms with Crippen molar-refractivity contribution < 1.29 is 9.59 Å². The number of carbonyl (C=O) groups excluding carboxylic acids is 2. The Morgan fingerprint density at radius 2 is 1.08 bits per heavy atom. The van der Waals surface area contributed by atoms with Crippen LogP contribution in [-0.2, 0) is 0 Å². The van der Waals surface area contributed by atoms with Crippen molar-refractivity contribution in [1.82, 2.24) is 0 Å². The highest BCUT2D eigenvalue weighted by atomic mass is 16.1. The Kier molecular flexibility index (Phi) is 3.69. The van der Waals surface area contributed by atoms with Crippen molar-refractivity contribution in [1.29, 1.82) is 0 Å². The fraction of sp³-hybridized carbons (Fsp3) is 0.0909. The number of rotatable bonds is 1. The number of aryl methyl sites for hydroxylation is 1. The number of fused-ring (bicyclic) bond motifs is 2. The van der Waals surface area contributed by atoms with Crippen LogP contribution < -0.4 is 4.90 Å². The first-order chi connectivity index (χ1) is 12.2. The first-order valence-electron chi connectivity index (χ1n) is 8.27. The Hall–Kier alpha value is -3.20. The highest BCUT2D eigenvalue weighted by Crippen LogP contribution is 2.41. The molecule has 0 bridgehead atoms. The number of Topliss-reactive ketones (excluding diaryl/α,β-unsaturated/α-hetero) is 2. The van der Waals surface area contributed by atoms with E-state index in [9.17, 15) is 9.59 Å². The normalized spacial score (nSPS) is 13.7. The maximum atomic E-state index is 12.7. The van der Waals surface area contributed by atoms with Gasteiger partial charge in [0.2, 0.25) is 0 Å². The quantitative estimate of drug-likeness (QED) is 0.574. The largest absolute Gasteiger partial charge is 0.309 e. The Labute approximate surface area is 146 Å². The summed E-state index contributed by atoms with van der Waals surface area (Å²) in [5, 5.41) is 0. The third-order valence-corrected chi connectivity index (χ3v) is 4.57. The fourth-order valence-corrected chi connectivity index (χ4v) is 3.35. The molecule has 0 saturated carbocycles. The SMILES string of the molecule is Cc1ccccc1N1c2ccccc2C(=O)CC(=O)c2ccccc21. The van der Waals surface area contributed by atoms with Crippen molar-refractivity contribution in [3.63, 3.8) is 0 Å². The van der Waals surface area contributed by atoms with E-state index in [0.29, 0.717) is 11.1 Å². The summed E-state index contributed by atoms with van der Waals surface area (Å²) in [6.45, 7) is 2.03. The maximum absolute atomic E-state index is 12.7. The van der Waals surface area contributed by atoms with Gasteiger partial charge in [-0.15, -0.1) is 0 Å². The zero-order chi connectivity index (χ0) is 17.4. The minimum absolute atomic E-state index is 0.102. The summed E-state index contributed by atoms with van der Waals surface area (Å²) >= 11 is 0. The molecule has 3 aromatic carbocycles. The van der Waals surface area contributed by atoms with Gasteiger partial charge in [-0.25, -0.2) is 0 Å². The van der Waals surface area contributed by atoms with E-state index in [-0.39, 0.29) is 18.0 Å². The fourth-order valence-electron chi connectivity index (χ4n) is 3.35. The number of anilines is 3. The van der Waals surface area contributed by atoms with Gasteiger partial charge in [-0.3, -0.25) is 9.59 Å². The van der Waals surface area contributed by atoms with Gasteiger partial charge in [0.25, 0.3) is 0 Å². The molecule has 0 aliphatic carbocycles. The summed E-state index contributed by atoms with van der Waals surface area (Å²) in [6, 6.07) is 23.0. The number of para-hydroxylation sites is 3. The standard InChI is InChI=1S/C22H17NO2/c1-15-8-2-5-11-18(15)23-19-12-6-3-9-16(19)21(24)14-22(25)17-10-4-7-13-20(17)23/h2-13H,14H2,1H3. The van der Waals surface area contributed by atoms with Gasteiger partial charge in [-0.1, -0.05) is 42.5 Å². The van der Waals surface area contributed by atoms with Crippen molar-refractivity contribution in [2.45, 2.75) is 13.3 Å². The molecule has 0 atom stereocenters. The zero-order valence-electron chi connectivity index (χ0n) is 13.9. The highest BCUT2D eigenvalue weighted by Gasteiger charge is 2.28. The van der Waals surface area contributed by atoms with Crippen LogP contribution in [0.3, 0.4) is 0 Å². The molecule has 0 spiro atoms. The van der Waals surface area contributed by atoms with E-state index < -0.39 is 0 Å². The number of hydrogen-bond donors (Lipinski definition) is 0. The number of hydrogen-bond acceptors (Lipinski definition) is 3. The lowest BCUT2D eigenvalue weighted by atomic mass is 9.94. The van der Waals surface area contributed by atoms with E-state index in [1.54, 1.807) is 12.1 Å². The number of nitrogens with zero attached hydrogens (tertiary/aromatic N) is 1. The average Bonchev–Trinajstić information content (AvgIpc) is 2.63. The number of carbonyl (C=O) groups is 2. The van der Waals surface area contributed by atoms with Crippen LogP contribution in [0.25, 0.3) is 0 Å². The molecule has 0 saturated heterocycles.